The van der Waals surface area contributed by atoms with Crippen LogP contribution in [-0.2, 0) is 0 Å². The van der Waals surface area contributed by atoms with Crippen LogP contribution in [0.1, 0.15) is 23.2 Å². The molecule has 1 aliphatic rings. The van der Waals surface area contributed by atoms with Crippen LogP contribution >= 0.6 is 0 Å². The Labute approximate surface area is 64.0 Å². The van der Waals surface area contributed by atoms with Gasteiger partial charge in [-0.15, -0.1) is 0 Å². The zero-order valence-corrected chi connectivity index (χ0v) is 6.05. The van der Waals surface area contributed by atoms with Crippen molar-refractivity contribution in [1.29, 1.82) is 0 Å². The summed E-state index contributed by atoms with van der Waals surface area (Å²) in [5.41, 5.74) is 0.697. The van der Waals surface area contributed by atoms with E-state index in [9.17, 15) is 4.79 Å². The van der Waals surface area contributed by atoms with Gasteiger partial charge in [0.15, 0.2) is 5.78 Å². The van der Waals surface area contributed by atoms with Crippen LogP contribution < -0.4 is 5.32 Å². The molecule has 11 heavy (non-hydrogen) atoms. The first-order valence-electron chi connectivity index (χ1n) is 3.68. The van der Waals surface area contributed by atoms with E-state index in [-0.39, 0.29) is 5.78 Å². The lowest BCUT2D eigenvalue weighted by Crippen LogP contribution is -1.99. The lowest BCUT2D eigenvalue weighted by molar-refractivity contribution is 0.0984. The highest BCUT2D eigenvalue weighted by molar-refractivity contribution is 6.00. The van der Waals surface area contributed by atoms with E-state index in [0.717, 1.165) is 18.8 Å². The molecule has 0 amide bonds. The summed E-state index contributed by atoms with van der Waals surface area (Å²) in [5.74, 6) is 0.950. The van der Waals surface area contributed by atoms with Gasteiger partial charge in [-0.05, 0) is 6.42 Å². The molecule has 2 rings (SSSR count). The molecule has 0 unspecified atom stereocenters. The molecule has 0 bridgehead atoms. The third-order valence-corrected chi connectivity index (χ3v) is 1.82. The van der Waals surface area contributed by atoms with E-state index in [1.54, 1.807) is 6.20 Å². The van der Waals surface area contributed by atoms with Crippen molar-refractivity contribution in [3.05, 3.63) is 11.8 Å². The molecular weight excluding hydrogens is 142 g/mol. The minimum atomic E-state index is 0.179. The highest BCUT2D eigenvalue weighted by Crippen LogP contribution is 2.17. The molecule has 0 saturated carbocycles. The van der Waals surface area contributed by atoms with Crippen molar-refractivity contribution in [1.82, 2.24) is 10.2 Å². The molecule has 2 heterocycles. The number of aromatic nitrogens is 2. The lowest BCUT2D eigenvalue weighted by atomic mass is 10.1. The predicted molar refractivity (Wildman–Crippen MR) is 40.6 cm³/mol. The summed E-state index contributed by atoms with van der Waals surface area (Å²) in [5, 5.41) is 9.63. The van der Waals surface area contributed by atoms with Gasteiger partial charge in [-0.25, -0.2) is 0 Å². The van der Waals surface area contributed by atoms with Crippen molar-refractivity contribution in [3.63, 3.8) is 0 Å². The Balaban J connectivity index is 2.41. The van der Waals surface area contributed by atoms with Crippen molar-refractivity contribution in [2.45, 2.75) is 12.8 Å². The molecule has 0 aromatic carbocycles. The van der Waals surface area contributed by atoms with Crippen LogP contribution in [-0.4, -0.2) is 22.5 Å². The first-order chi connectivity index (χ1) is 5.38. The molecule has 1 aromatic heterocycles. The molecule has 0 saturated heterocycles. The quantitative estimate of drug-likeness (QED) is 0.576. The SMILES string of the molecule is O=C1CCCNc2[nH]ncc21. The molecule has 58 valence electrons. The Kier molecular flexibility index (Phi) is 1.38. The van der Waals surface area contributed by atoms with E-state index in [0.29, 0.717) is 12.0 Å². The third kappa shape index (κ3) is 1.00. The van der Waals surface area contributed by atoms with Gasteiger partial charge in [0, 0.05) is 13.0 Å². The Hall–Kier alpha value is -1.32. The van der Waals surface area contributed by atoms with E-state index >= 15 is 0 Å². The van der Waals surface area contributed by atoms with Gasteiger partial charge in [0.25, 0.3) is 0 Å². The summed E-state index contributed by atoms with van der Waals surface area (Å²) in [4.78, 5) is 11.3. The van der Waals surface area contributed by atoms with Crippen LogP contribution in [0, 0.1) is 0 Å². The monoisotopic (exact) mass is 151 g/mol. The number of fused-ring (bicyclic) bond motifs is 1. The standard InChI is InChI=1S/C7H9N3O/c11-6-2-1-3-8-7-5(6)4-9-10-7/h4H,1-3H2,(H2,8,9,10). The smallest absolute Gasteiger partial charge is 0.168 e. The Morgan fingerprint density at radius 1 is 1.55 bits per heavy atom. The van der Waals surface area contributed by atoms with Gasteiger partial charge in [-0.3, -0.25) is 9.89 Å². The lowest BCUT2D eigenvalue weighted by Gasteiger charge is -1.96. The summed E-state index contributed by atoms with van der Waals surface area (Å²) < 4.78 is 0. The summed E-state index contributed by atoms with van der Waals surface area (Å²) in [6.45, 7) is 0.848. The average molecular weight is 151 g/mol. The number of ketones is 1. The first-order valence-corrected chi connectivity index (χ1v) is 3.68. The normalized spacial score (nSPS) is 16.9. The summed E-state index contributed by atoms with van der Waals surface area (Å²) in [6, 6.07) is 0. The topological polar surface area (TPSA) is 57.8 Å². The second-order valence-corrected chi connectivity index (χ2v) is 2.61. The number of Topliss-reactive ketones (excluding diaryl/α,β-unsaturated/α-hetero) is 1. The largest absolute Gasteiger partial charge is 0.370 e. The van der Waals surface area contributed by atoms with E-state index in [1.807, 2.05) is 0 Å². The number of H-pyrrole nitrogens is 1. The van der Waals surface area contributed by atoms with Crippen LogP contribution in [0.4, 0.5) is 5.82 Å². The molecule has 0 fully saturated rings. The van der Waals surface area contributed by atoms with Gasteiger partial charge < -0.3 is 5.32 Å². The Bertz CT molecular complexity index is 279. The van der Waals surface area contributed by atoms with Gasteiger partial charge in [0.2, 0.25) is 0 Å². The molecule has 0 spiro atoms. The maximum Gasteiger partial charge on any atom is 0.168 e. The molecule has 1 aliphatic heterocycles. The summed E-state index contributed by atoms with van der Waals surface area (Å²) in [7, 11) is 0. The van der Waals surface area contributed by atoms with Gasteiger partial charge in [0.1, 0.15) is 5.82 Å². The molecule has 0 aliphatic carbocycles. The minimum Gasteiger partial charge on any atom is -0.370 e. The van der Waals surface area contributed by atoms with Crippen LogP contribution in [0.15, 0.2) is 6.20 Å². The zero-order chi connectivity index (χ0) is 7.68. The number of hydrogen-bond acceptors (Lipinski definition) is 3. The first kappa shape index (κ1) is 6.39. The average Bonchev–Trinajstić information content (AvgIpc) is 2.40. The molecule has 0 atom stereocenters. The highest BCUT2D eigenvalue weighted by atomic mass is 16.1. The number of hydrogen-bond donors (Lipinski definition) is 2. The van der Waals surface area contributed by atoms with Crippen molar-refractivity contribution < 1.29 is 4.79 Å². The van der Waals surface area contributed by atoms with Crippen molar-refractivity contribution >= 4 is 11.6 Å². The van der Waals surface area contributed by atoms with Gasteiger partial charge >= 0.3 is 0 Å². The number of nitrogens with one attached hydrogen (secondary N) is 2. The zero-order valence-electron chi connectivity index (χ0n) is 6.05. The molecule has 4 nitrogen and oxygen atoms in total. The van der Waals surface area contributed by atoms with E-state index in [1.165, 1.54) is 0 Å². The van der Waals surface area contributed by atoms with Gasteiger partial charge in [-0.2, -0.15) is 5.10 Å². The van der Waals surface area contributed by atoms with E-state index in [4.69, 9.17) is 0 Å². The van der Waals surface area contributed by atoms with Crippen LogP contribution in [0.25, 0.3) is 0 Å². The fraction of sp³-hybridized carbons (Fsp3) is 0.429. The Morgan fingerprint density at radius 2 is 2.45 bits per heavy atom. The highest BCUT2D eigenvalue weighted by Gasteiger charge is 2.15. The summed E-state index contributed by atoms with van der Waals surface area (Å²) in [6.07, 6.45) is 3.11. The third-order valence-electron chi connectivity index (χ3n) is 1.82. The van der Waals surface area contributed by atoms with Crippen molar-refractivity contribution in [2.24, 2.45) is 0 Å². The molecule has 2 N–H and O–H groups in total. The molecule has 4 heteroatoms. The maximum atomic E-state index is 11.3. The number of rotatable bonds is 0. The van der Waals surface area contributed by atoms with Crippen molar-refractivity contribution in [2.75, 3.05) is 11.9 Å². The van der Waals surface area contributed by atoms with Gasteiger partial charge in [0.05, 0.1) is 11.8 Å². The number of carbonyl (C=O) groups excluding carboxylic acids is 1. The number of anilines is 1. The molecular formula is C7H9N3O. The van der Waals surface area contributed by atoms with E-state index in [2.05, 4.69) is 15.5 Å². The second-order valence-electron chi connectivity index (χ2n) is 2.61. The number of aromatic amines is 1. The summed E-state index contributed by atoms with van der Waals surface area (Å²) >= 11 is 0. The molecule has 1 aromatic rings. The van der Waals surface area contributed by atoms with Crippen LogP contribution in [0.5, 0.6) is 0 Å². The predicted octanol–water partition coefficient (Wildman–Crippen LogP) is 0.798. The Morgan fingerprint density at radius 3 is 3.36 bits per heavy atom. The van der Waals surface area contributed by atoms with Crippen LogP contribution in [0.3, 0.4) is 0 Å². The van der Waals surface area contributed by atoms with Crippen molar-refractivity contribution in [3.8, 4) is 0 Å². The van der Waals surface area contributed by atoms with Gasteiger partial charge in [-0.1, -0.05) is 0 Å². The second kappa shape index (κ2) is 2.38. The van der Waals surface area contributed by atoms with Crippen LogP contribution in [0.2, 0.25) is 0 Å². The number of carbonyl (C=O) groups is 1. The maximum absolute atomic E-state index is 11.3. The molecule has 0 radical (unpaired) electrons. The number of nitrogens with zero attached hydrogens (tertiary/aromatic N) is 1. The fourth-order valence-electron chi connectivity index (χ4n) is 1.23. The van der Waals surface area contributed by atoms with E-state index < -0.39 is 0 Å². The fourth-order valence-corrected chi connectivity index (χ4v) is 1.23. The minimum absolute atomic E-state index is 0.179.